The van der Waals surface area contributed by atoms with Crippen LogP contribution < -0.4 is 15.6 Å². The van der Waals surface area contributed by atoms with Gasteiger partial charge in [-0.2, -0.15) is 0 Å². The lowest BCUT2D eigenvalue weighted by Gasteiger charge is -2.09. The molecule has 0 aliphatic rings. The summed E-state index contributed by atoms with van der Waals surface area (Å²) in [5, 5.41) is 0. The summed E-state index contributed by atoms with van der Waals surface area (Å²) >= 11 is 0. The van der Waals surface area contributed by atoms with E-state index in [0.29, 0.717) is 30.3 Å². The van der Waals surface area contributed by atoms with Crippen molar-refractivity contribution >= 4 is 11.7 Å². The van der Waals surface area contributed by atoms with Crippen molar-refractivity contribution < 1.29 is 14.3 Å². The number of ether oxygens (including phenoxy) is 2. The summed E-state index contributed by atoms with van der Waals surface area (Å²) in [6.45, 7) is 2.75. The van der Waals surface area contributed by atoms with Gasteiger partial charge in [0.1, 0.15) is 5.75 Å². The molecule has 3 aromatic rings. The molecule has 0 bridgehead atoms. The fraction of sp³-hybridized carbons (Fsp3) is 0.143. The molecule has 2 N–H and O–H groups in total. The van der Waals surface area contributed by atoms with Crippen LogP contribution in [0.5, 0.6) is 11.6 Å². The van der Waals surface area contributed by atoms with Crippen LogP contribution in [-0.2, 0) is 11.3 Å². The molecule has 6 heteroatoms. The summed E-state index contributed by atoms with van der Waals surface area (Å²) in [4.78, 5) is 15.9. The molecule has 0 fully saturated rings. The van der Waals surface area contributed by atoms with Crippen LogP contribution in [-0.4, -0.2) is 17.6 Å². The Morgan fingerprint density at radius 1 is 1.04 bits per heavy atom. The van der Waals surface area contributed by atoms with Gasteiger partial charge < -0.3 is 14.9 Å². The monoisotopic (exact) mass is 363 g/mol. The van der Waals surface area contributed by atoms with E-state index < -0.39 is 5.97 Å². The molecule has 0 aliphatic heterocycles. The number of para-hydroxylation sites is 1. The second kappa shape index (κ2) is 9.35. The molecule has 0 saturated carbocycles. The van der Waals surface area contributed by atoms with Crippen molar-refractivity contribution in [1.82, 2.24) is 10.4 Å². The molecule has 2 aromatic carbocycles. The molecule has 6 nitrogen and oxygen atoms in total. The van der Waals surface area contributed by atoms with Crippen LogP contribution in [0.15, 0.2) is 72.9 Å². The van der Waals surface area contributed by atoms with Crippen LogP contribution in [0.4, 0.5) is 5.69 Å². The van der Waals surface area contributed by atoms with Gasteiger partial charge in [-0.25, -0.2) is 15.2 Å². The summed E-state index contributed by atoms with van der Waals surface area (Å²) in [7, 11) is 0. The van der Waals surface area contributed by atoms with Crippen molar-refractivity contribution in [3.8, 4) is 11.6 Å². The Hall–Kier alpha value is -3.38. The molecule has 0 spiro atoms. The number of nitrogens with one attached hydrogen (secondary N) is 2. The largest absolute Gasteiger partial charge is 0.462 e. The third-order valence-corrected chi connectivity index (χ3v) is 3.69. The lowest BCUT2D eigenvalue weighted by Crippen LogP contribution is -2.20. The van der Waals surface area contributed by atoms with E-state index in [1.807, 2.05) is 54.6 Å². The summed E-state index contributed by atoms with van der Waals surface area (Å²) in [6.07, 6.45) is 1.52. The number of carbonyl (C=O) groups excluding carboxylic acids is 1. The third kappa shape index (κ3) is 5.55. The number of rotatable bonds is 8. The quantitative estimate of drug-likeness (QED) is 0.462. The zero-order valence-corrected chi connectivity index (χ0v) is 15.0. The van der Waals surface area contributed by atoms with E-state index >= 15 is 0 Å². The maximum atomic E-state index is 11.8. The Balaban J connectivity index is 1.54. The number of benzene rings is 2. The highest BCUT2D eigenvalue weighted by Gasteiger charge is 2.08. The number of esters is 1. The Morgan fingerprint density at radius 2 is 1.81 bits per heavy atom. The normalized spacial score (nSPS) is 10.3. The van der Waals surface area contributed by atoms with Crippen molar-refractivity contribution in [3.05, 3.63) is 84.1 Å². The van der Waals surface area contributed by atoms with E-state index in [2.05, 4.69) is 15.8 Å². The lowest BCUT2D eigenvalue weighted by atomic mass is 10.2. The van der Waals surface area contributed by atoms with E-state index in [9.17, 15) is 4.79 Å². The number of anilines is 1. The molecule has 0 unspecified atom stereocenters. The molecule has 0 atom stereocenters. The van der Waals surface area contributed by atoms with Crippen LogP contribution in [0.25, 0.3) is 0 Å². The molecule has 27 heavy (non-hydrogen) atoms. The molecule has 0 amide bonds. The average Bonchev–Trinajstić information content (AvgIpc) is 2.71. The fourth-order valence-electron chi connectivity index (χ4n) is 2.37. The van der Waals surface area contributed by atoms with Crippen molar-refractivity contribution in [3.63, 3.8) is 0 Å². The highest BCUT2D eigenvalue weighted by Crippen LogP contribution is 2.21. The topological polar surface area (TPSA) is 72.5 Å². The van der Waals surface area contributed by atoms with E-state index in [-0.39, 0.29) is 0 Å². The third-order valence-electron chi connectivity index (χ3n) is 3.69. The summed E-state index contributed by atoms with van der Waals surface area (Å²) in [6, 6.07) is 20.7. The second-order valence-electron chi connectivity index (χ2n) is 5.69. The molecule has 0 saturated heterocycles. The average molecular weight is 363 g/mol. The molecule has 1 aromatic heterocycles. The SMILES string of the molecule is CCOC(=O)c1ccnc(Oc2ccc(CNNc3ccccc3)cc2)c1. The number of nitrogens with zero attached hydrogens (tertiary/aromatic N) is 1. The summed E-state index contributed by atoms with van der Waals surface area (Å²) in [5.74, 6) is 0.595. The lowest BCUT2D eigenvalue weighted by molar-refractivity contribution is 0.0526. The van der Waals surface area contributed by atoms with Crippen LogP contribution in [0.1, 0.15) is 22.8 Å². The van der Waals surface area contributed by atoms with Gasteiger partial charge in [-0.05, 0) is 42.8 Å². The summed E-state index contributed by atoms with van der Waals surface area (Å²) in [5.41, 5.74) is 8.82. The molecule has 0 radical (unpaired) electrons. The summed E-state index contributed by atoms with van der Waals surface area (Å²) < 4.78 is 10.7. The molecular weight excluding hydrogens is 342 g/mol. The van der Waals surface area contributed by atoms with E-state index in [4.69, 9.17) is 9.47 Å². The molecule has 0 aliphatic carbocycles. The van der Waals surface area contributed by atoms with Gasteiger partial charge in [-0.3, -0.25) is 0 Å². The predicted molar refractivity (Wildman–Crippen MR) is 104 cm³/mol. The van der Waals surface area contributed by atoms with Gasteiger partial charge in [-0.1, -0.05) is 30.3 Å². The number of hydrogen-bond acceptors (Lipinski definition) is 6. The van der Waals surface area contributed by atoms with Gasteiger partial charge in [0.15, 0.2) is 0 Å². The zero-order chi connectivity index (χ0) is 18.9. The maximum absolute atomic E-state index is 11.8. The van der Waals surface area contributed by atoms with E-state index in [0.717, 1.165) is 11.3 Å². The van der Waals surface area contributed by atoms with Crippen LogP contribution in [0.3, 0.4) is 0 Å². The van der Waals surface area contributed by atoms with E-state index in [1.54, 1.807) is 19.1 Å². The Labute approximate surface area is 158 Å². The second-order valence-corrected chi connectivity index (χ2v) is 5.69. The van der Waals surface area contributed by atoms with Gasteiger partial charge in [0, 0.05) is 24.5 Å². The van der Waals surface area contributed by atoms with Crippen LogP contribution in [0.2, 0.25) is 0 Å². The number of hydrogen-bond donors (Lipinski definition) is 2. The number of hydrazine groups is 1. The smallest absolute Gasteiger partial charge is 0.338 e. The molecule has 1 heterocycles. The number of aromatic nitrogens is 1. The van der Waals surface area contributed by atoms with Crippen LogP contribution in [0, 0.1) is 0 Å². The zero-order valence-electron chi connectivity index (χ0n) is 15.0. The Morgan fingerprint density at radius 3 is 2.56 bits per heavy atom. The Kier molecular flexibility index (Phi) is 6.38. The Bertz CT molecular complexity index is 867. The minimum atomic E-state index is -0.392. The van der Waals surface area contributed by atoms with Gasteiger partial charge in [0.25, 0.3) is 0 Å². The van der Waals surface area contributed by atoms with Crippen molar-refractivity contribution in [1.29, 1.82) is 0 Å². The minimum Gasteiger partial charge on any atom is -0.462 e. The molecule has 3 rings (SSSR count). The van der Waals surface area contributed by atoms with Gasteiger partial charge in [0.05, 0.1) is 12.2 Å². The van der Waals surface area contributed by atoms with Crippen molar-refractivity contribution in [2.45, 2.75) is 13.5 Å². The number of pyridine rings is 1. The van der Waals surface area contributed by atoms with Gasteiger partial charge in [0.2, 0.25) is 5.88 Å². The first-order chi connectivity index (χ1) is 13.2. The van der Waals surface area contributed by atoms with Crippen LogP contribution >= 0.6 is 0 Å². The molecule has 138 valence electrons. The molecular formula is C21H21N3O3. The first-order valence-electron chi connectivity index (χ1n) is 8.68. The first kappa shape index (κ1) is 18.4. The van der Waals surface area contributed by atoms with Gasteiger partial charge >= 0.3 is 5.97 Å². The highest BCUT2D eigenvalue weighted by atomic mass is 16.5. The standard InChI is InChI=1S/C21H21N3O3/c1-2-26-21(25)17-12-13-22-20(14-17)27-19-10-8-16(9-11-19)15-23-24-18-6-4-3-5-7-18/h3-14,23-24H,2,15H2,1H3. The highest BCUT2D eigenvalue weighted by molar-refractivity contribution is 5.89. The fourth-order valence-corrected chi connectivity index (χ4v) is 2.37. The van der Waals surface area contributed by atoms with Crippen molar-refractivity contribution in [2.24, 2.45) is 0 Å². The van der Waals surface area contributed by atoms with Gasteiger partial charge in [-0.15, -0.1) is 0 Å². The van der Waals surface area contributed by atoms with Crippen molar-refractivity contribution in [2.75, 3.05) is 12.0 Å². The van der Waals surface area contributed by atoms with E-state index in [1.165, 1.54) is 6.20 Å². The minimum absolute atomic E-state index is 0.325. The first-order valence-corrected chi connectivity index (χ1v) is 8.68. The predicted octanol–water partition coefficient (Wildman–Crippen LogP) is 4.17. The number of carbonyl (C=O) groups is 1. The maximum Gasteiger partial charge on any atom is 0.338 e.